The van der Waals surface area contributed by atoms with Gasteiger partial charge in [0.25, 0.3) is 0 Å². The zero-order chi connectivity index (χ0) is 14.0. The molecule has 0 fully saturated rings. The summed E-state index contributed by atoms with van der Waals surface area (Å²) >= 11 is 5.35. The van der Waals surface area contributed by atoms with Crippen LogP contribution >= 0.6 is 38.5 Å². The fourth-order valence-electron chi connectivity index (χ4n) is 1.61. The number of nitrogens with zero attached hydrogens (tertiary/aromatic N) is 2. The van der Waals surface area contributed by atoms with Gasteiger partial charge in [-0.1, -0.05) is 0 Å². The van der Waals surface area contributed by atoms with E-state index in [1.165, 1.54) is 6.07 Å². The van der Waals surface area contributed by atoms with Gasteiger partial charge in [0.1, 0.15) is 11.6 Å². The largest absolute Gasteiger partial charge is 0.369 e. The standard InChI is InChI=1S/C13H12BrFIN3/c1-3-17-13-11(16)7(2)18-12(19-13)8-4-5-9(14)10(15)6-8/h4-6H,3H2,1-2H3,(H,17,18,19). The second-order valence-corrected chi connectivity index (χ2v) is 5.89. The Bertz CT molecular complexity index is 619. The van der Waals surface area contributed by atoms with E-state index in [-0.39, 0.29) is 5.82 Å². The summed E-state index contributed by atoms with van der Waals surface area (Å²) < 4.78 is 15.0. The molecular formula is C13H12BrFIN3. The zero-order valence-electron chi connectivity index (χ0n) is 10.5. The molecule has 0 radical (unpaired) electrons. The minimum absolute atomic E-state index is 0.317. The SMILES string of the molecule is CCNc1nc(-c2ccc(Br)c(F)c2)nc(C)c1I. The molecule has 6 heteroatoms. The van der Waals surface area contributed by atoms with Gasteiger partial charge in [-0.2, -0.15) is 0 Å². The van der Waals surface area contributed by atoms with Gasteiger partial charge in [-0.05, 0) is 70.6 Å². The third-order valence-corrected chi connectivity index (χ3v) is 4.47. The van der Waals surface area contributed by atoms with Crippen LogP contribution in [0.4, 0.5) is 10.2 Å². The highest BCUT2D eigenvalue weighted by atomic mass is 127. The molecular weight excluding hydrogens is 424 g/mol. The van der Waals surface area contributed by atoms with Crippen molar-refractivity contribution in [2.24, 2.45) is 0 Å². The molecule has 1 heterocycles. The maximum absolute atomic E-state index is 13.6. The lowest BCUT2D eigenvalue weighted by atomic mass is 10.2. The highest BCUT2D eigenvalue weighted by Gasteiger charge is 2.11. The van der Waals surface area contributed by atoms with Gasteiger partial charge in [0.15, 0.2) is 5.82 Å². The third-order valence-electron chi connectivity index (χ3n) is 2.54. The number of hydrogen-bond acceptors (Lipinski definition) is 3. The molecule has 3 nitrogen and oxygen atoms in total. The monoisotopic (exact) mass is 435 g/mol. The van der Waals surface area contributed by atoms with E-state index in [2.05, 4.69) is 53.8 Å². The van der Waals surface area contributed by atoms with Gasteiger partial charge in [0.2, 0.25) is 0 Å². The normalized spacial score (nSPS) is 10.6. The molecule has 0 unspecified atom stereocenters. The highest BCUT2D eigenvalue weighted by Crippen LogP contribution is 2.26. The van der Waals surface area contributed by atoms with Crippen molar-refractivity contribution in [1.82, 2.24) is 9.97 Å². The van der Waals surface area contributed by atoms with Crippen LogP contribution in [-0.4, -0.2) is 16.5 Å². The molecule has 1 aromatic carbocycles. The maximum Gasteiger partial charge on any atom is 0.161 e. The van der Waals surface area contributed by atoms with E-state index in [4.69, 9.17) is 0 Å². The minimum atomic E-state index is -0.317. The molecule has 0 atom stereocenters. The molecule has 100 valence electrons. The van der Waals surface area contributed by atoms with Crippen LogP contribution in [0.1, 0.15) is 12.6 Å². The van der Waals surface area contributed by atoms with Crippen LogP contribution in [0.15, 0.2) is 22.7 Å². The van der Waals surface area contributed by atoms with E-state index in [1.54, 1.807) is 12.1 Å². The van der Waals surface area contributed by atoms with Crippen molar-refractivity contribution in [1.29, 1.82) is 0 Å². The van der Waals surface area contributed by atoms with E-state index in [0.717, 1.165) is 21.6 Å². The van der Waals surface area contributed by atoms with E-state index < -0.39 is 0 Å². The minimum Gasteiger partial charge on any atom is -0.369 e. The topological polar surface area (TPSA) is 37.8 Å². The first-order valence-corrected chi connectivity index (χ1v) is 7.63. The summed E-state index contributed by atoms with van der Waals surface area (Å²) in [5.74, 6) is 0.997. The van der Waals surface area contributed by atoms with Crippen molar-refractivity contribution < 1.29 is 4.39 Å². The number of benzene rings is 1. The molecule has 2 aromatic rings. The third kappa shape index (κ3) is 3.22. The van der Waals surface area contributed by atoms with Crippen molar-refractivity contribution in [3.8, 4) is 11.4 Å². The molecule has 0 saturated heterocycles. The van der Waals surface area contributed by atoms with Crippen LogP contribution in [0, 0.1) is 16.3 Å². The second-order valence-electron chi connectivity index (χ2n) is 3.95. The van der Waals surface area contributed by atoms with Gasteiger partial charge in [-0.15, -0.1) is 0 Å². The summed E-state index contributed by atoms with van der Waals surface area (Å²) in [6.45, 7) is 4.70. The lowest BCUT2D eigenvalue weighted by molar-refractivity contribution is 0.621. The number of anilines is 1. The van der Waals surface area contributed by atoms with Gasteiger partial charge in [-0.3, -0.25) is 0 Å². The van der Waals surface area contributed by atoms with Gasteiger partial charge in [-0.25, -0.2) is 14.4 Å². The summed E-state index contributed by atoms with van der Waals surface area (Å²) in [6, 6.07) is 4.89. The Balaban J connectivity index is 2.52. The van der Waals surface area contributed by atoms with Crippen molar-refractivity contribution >= 4 is 44.3 Å². The Morgan fingerprint density at radius 1 is 1.37 bits per heavy atom. The van der Waals surface area contributed by atoms with E-state index >= 15 is 0 Å². The molecule has 0 aliphatic carbocycles. The number of aromatic nitrogens is 2. The molecule has 1 N–H and O–H groups in total. The van der Waals surface area contributed by atoms with Crippen LogP contribution in [0.2, 0.25) is 0 Å². The number of hydrogen-bond donors (Lipinski definition) is 1. The number of aryl methyl sites for hydroxylation is 1. The molecule has 0 spiro atoms. The lowest BCUT2D eigenvalue weighted by Gasteiger charge is -2.10. The fraction of sp³-hybridized carbons (Fsp3) is 0.231. The van der Waals surface area contributed by atoms with E-state index in [1.807, 2.05) is 13.8 Å². The van der Waals surface area contributed by atoms with Crippen LogP contribution in [-0.2, 0) is 0 Å². The molecule has 0 amide bonds. The first kappa shape index (κ1) is 14.6. The van der Waals surface area contributed by atoms with Crippen molar-refractivity contribution in [2.45, 2.75) is 13.8 Å². The Morgan fingerprint density at radius 3 is 2.74 bits per heavy atom. The number of rotatable bonds is 3. The number of nitrogens with one attached hydrogen (secondary N) is 1. The summed E-state index contributed by atoms with van der Waals surface area (Å²) in [5.41, 5.74) is 1.55. The average molecular weight is 436 g/mol. The fourth-order valence-corrected chi connectivity index (χ4v) is 2.29. The molecule has 1 aromatic heterocycles. The molecule has 0 saturated carbocycles. The first-order chi connectivity index (χ1) is 9.02. The molecule has 19 heavy (non-hydrogen) atoms. The van der Waals surface area contributed by atoms with Gasteiger partial charge in [0.05, 0.1) is 13.7 Å². The summed E-state index contributed by atoms with van der Waals surface area (Å²) in [7, 11) is 0. The maximum atomic E-state index is 13.6. The van der Waals surface area contributed by atoms with Gasteiger partial charge >= 0.3 is 0 Å². The molecule has 0 aliphatic rings. The Morgan fingerprint density at radius 2 is 2.11 bits per heavy atom. The van der Waals surface area contributed by atoms with Crippen LogP contribution < -0.4 is 5.32 Å². The summed E-state index contributed by atoms with van der Waals surface area (Å²) in [6.07, 6.45) is 0. The Labute approximate surface area is 133 Å². The average Bonchev–Trinajstić information content (AvgIpc) is 2.38. The molecule has 2 rings (SSSR count). The van der Waals surface area contributed by atoms with Crippen LogP contribution in [0.25, 0.3) is 11.4 Å². The highest BCUT2D eigenvalue weighted by molar-refractivity contribution is 14.1. The van der Waals surface area contributed by atoms with Gasteiger partial charge in [0, 0.05) is 12.1 Å². The smallest absolute Gasteiger partial charge is 0.161 e. The number of halogens is 3. The van der Waals surface area contributed by atoms with E-state index in [9.17, 15) is 4.39 Å². The summed E-state index contributed by atoms with van der Waals surface area (Å²) in [4.78, 5) is 8.87. The first-order valence-electron chi connectivity index (χ1n) is 5.76. The van der Waals surface area contributed by atoms with E-state index in [0.29, 0.717) is 15.9 Å². The van der Waals surface area contributed by atoms with Crippen molar-refractivity contribution in [3.05, 3.63) is 37.8 Å². The molecule has 0 aliphatic heterocycles. The summed E-state index contributed by atoms with van der Waals surface area (Å²) in [5, 5.41) is 3.19. The lowest BCUT2D eigenvalue weighted by Crippen LogP contribution is -2.06. The van der Waals surface area contributed by atoms with Crippen molar-refractivity contribution in [3.63, 3.8) is 0 Å². The van der Waals surface area contributed by atoms with Crippen LogP contribution in [0.5, 0.6) is 0 Å². The predicted molar refractivity (Wildman–Crippen MR) is 86.7 cm³/mol. The molecule has 0 bridgehead atoms. The van der Waals surface area contributed by atoms with Crippen LogP contribution in [0.3, 0.4) is 0 Å². The van der Waals surface area contributed by atoms with Crippen molar-refractivity contribution in [2.75, 3.05) is 11.9 Å². The van der Waals surface area contributed by atoms with Gasteiger partial charge < -0.3 is 5.32 Å². The zero-order valence-corrected chi connectivity index (χ0v) is 14.2. The second kappa shape index (κ2) is 6.13. The Hall–Kier alpha value is -0.760. The predicted octanol–water partition coefficient (Wildman–Crippen LogP) is 4.39. The quantitative estimate of drug-likeness (QED) is 0.726. The Kier molecular flexibility index (Phi) is 4.72.